The van der Waals surface area contributed by atoms with Gasteiger partial charge in [-0.15, -0.1) is 0 Å². The first-order valence-corrected chi connectivity index (χ1v) is 7.49. The molecular formula is C15H16ClN3O3. The summed E-state index contributed by atoms with van der Waals surface area (Å²) in [5.41, 5.74) is 4.26. The number of carbonyl (C=O) groups excluding carboxylic acids is 1. The Labute approximate surface area is 132 Å². The van der Waals surface area contributed by atoms with Gasteiger partial charge in [-0.2, -0.15) is 5.10 Å². The molecule has 0 aliphatic carbocycles. The fourth-order valence-corrected chi connectivity index (χ4v) is 2.40. The highest BCUT2D eigenvalue weighted by Gasteiger charge is 2.19. The number of hydrogen-bond donors (Lipinski definition) is 2. The molecule has 7 heteroatoms. The molecular weight excluding hydrogens is 306 g/mol. The fourth-order valence-electron chi connectivity index (χ4n) is 2.27. The van der Waals surface area contributed by atoms with Crippen molar-refractivity contribution in [2.45, 2.75) is 25.6 Å². The molecule has 1 fully saturated rings. The lowest BCUT2D eigenvalue weighted by Crippen LogP contribution is -2.33. The second-order valence-electron chi connectivity index (χ2n) is 5.01. The van der Waals surface area contributed by atoms with Gasteiger partial charge >= 0.3 is 0 Å². The lowest BCUT2D eigenvalue weighted by molar-refractivity contribution is -0.186. The number of ether oxygens (including phenoxy) is 1. The average Bonchev–Trinajstić information content (AvgIpc) is 3.04. The van der Waals surface area contributed by atoms with E-state index >= 15 is 0 Å². The molecule has 0 saturated carbocycles. The van der Waals surface area contributed by atoms with Gasteiger partial charge in [-0.25, -0.2) is 10.3 Å². The van der Waals surface area contributed by atoms with Crippen LogP contribution >= 0.6 is 11.6 Å². The molecule has 0 spiro atoms. The molecule has 1 amide bonds. The first kappa shape index (κ1) is 15.0. The summed E-state index contributed by atoms with van der Waals surface area (Å²) in [7, 11) is 0. The summed E-state index contributed by atoms with van der Waals surface area (Å²) in [6, 6.07) is 7.15. The van der Waals surface area contributed by atoms with Crippen molar-refractivity contribution >= 4 is 17.5 Å². The number of rotatable bonds is 4. The third-order valence-corrected chi connectivity index (χ3v) is 3.69. The van der Waals surface area contributed by atoms with Crippen LogP contribution in [0.4, 0.5) is 0 Å². The Morgan fingerprint density at radius 3 is 2.91 bits per heavy atom. The smallest absolute Gasteiger partial charge is 0.278 e. The lowest BCUT2D eigenvalue weighted by atomic mass is 10.1. The number of halogens is 1. The van der Waals surface area contributed by atoms with Gasteiger partial charge in [0.1, 0.15) is 0 Å². The van der Waals surface area contributed by atoms with Gasteiger partial charge in [-0.05, 0) is 25.0 Å². The van der Waals surface area contributed by atoms with Crippen molar-refractivity contribution in [1.29, 1.82) is 0 Å². The molecule has 0 bridgehead atoms. The molecule has 1 atom stereocenters. The normalized spacial score (nSPS) is 18.1. The zero-order valence-electron chi connectivity index (χ0n) is 11.8. The molecule has 2 heterocycles. The van der Waals surface area contributed by atoms with E-state index in [1.807, 2.05) is 12.1 Å². The zero-order chi connectivity index (χ0) is 15.4. The van der Waals surface area contributed by atoms with Gasteiger partial charge in [-0.1, -0.05) is 23.7 Å². The van der Waals surface area contributed by atoms with Gasteiger partial charge in [0, 0.05) is 23.6 Å². The maximum Gasteiger partial charge on any atom is 0.278 e. The highest BCUT2D eigenvalue weighted by molar-refractivity contribution is 6.30. The quantitative estimate of drug-likeness (QED) is 0.849. The molecule has 1 saturated heterocycles. The van der Waals surface area contributed by atoms with E-state index in [4.69, 9.17) is 21.2 Å². The minimum absolute atomic E-state index is 0.368. The number of hydroxylamine groups is 1. The second kappa shape index (κ2) is 6.91. The number of aromatic amines is 1. The Bertz CT molecular complexity index is 636. The van der Waals surface area contributed by atoms with E-state index in [-0.39, 0.29) is 12.2 Å². The summed E-state index contributed by atoms with van der Waals surface area (Å²) in [5.74, 6) is -0.368. The molecule has 2 aromatic rings. The molecule has 0 unspecified atom stereocenters. The van der Waals surface area contributed by atoms with E-state index in [2.05, 4.69) is 15.7 Å². The van der Waals surface area contributed by atoms with Gasteiger partial charge in [0.25, 0.3) is 5.91 Å². The van der Waals surface area contributed by atoms with E-state index < -0.39 is 0 Å². The maximum absolute atomic E-state index is 12.2. The van der Waals surface area contributed by atoms with E-state index in [0.29, 0.717) is 22.9 Å². The first-order valence-electron chi connectivity index (χ1n) is 7.11. The monoisotopic (exact) mass is 321 g/mol. The molecule has 3 rings (SSSR count). The van der Waals surface area contributed by atoms with Gasteiger partial charge in [0.15, 0.2) is 6.29 Å². The second-order valence-corrected chi connectivity index (χ2v) is 5.45. The van der Waals surface area contributed by atoms with Gasteiger partial charge < -0.3 is 4.74 Å². The highest BCUT2D eigenvalue weighted by Crippen LogP contribution is 2.23. The van der Waals surface area contributed by atoms with Gasteiger partial charge in [-0.3, -0.25) is 9.89 Å². The van der Waals surface area contributed by atoms with Gasteiger partial charge in [0.05, 0.1) is 17.5 Å². The van der Waals surface area contributed by atoms with Crippen LogP contribution in [0.3, 0.4) is 0 Å². The number of carbonyl (C=O) groups is 1. The van der Waals surface area contributed by atoms with Crippen molar-refractivity contribution < 1.29 is 14.4 Å². The first-order chi connectivity index (χ1) is 10.7. The molecule has 22 heavy (non-hydrogen) atoms. The standard InChI is InChI=1S/C15H16ClN3O3/c16-11-6-4-10(5-7-11)14-12(9-17-18-14)15(20)19-22-13-3-1-2-8-21-13/h4-7,9,13H,1-3,8H2,(H,17,18)(H,19,20)/t13-/m0/s1. The third kappa shape index (κ3) is 3.47. The van der Waals surface area contributed by atoms with Crippen LogP contribution in [-0.2, 0) is 9.57 Å². The number of aromatic nitrogens is 2. The van der Waals surface area contributed by atoms with Crippen LogP contribution in [0, 0.1) is 0 Å². The lowest BCUT2D eigenvalue weighted by Gasteiger charge is -2.22. The van der Waals surface area contributed by atoms with Crippen LogP contribution in [0.5, 0.6) is 0 Å². The number of nitrogens with one attached hydrogen (secondary N) is 2. The van der Waals surface area contributed by atoms with Crippen LogP contribution in [0.25, 0.3) is 11.3 Å². The number of hydrogen-bond acceptors (Lipinski definition) is 4. The van der Waals surface area contributed by atoms with Crippen molar-refractivity contribution in [3.8, 4) is 11.3 Å². The van der Waals surface area contributed by atoms with E-state index in [0.717, 1.165) is 24.8 Å². The molecule has 1 aromatic carbocycles. The molecule has 116 valence electrons. The van der Waals surface area contributed by atoms with E-state index in [9.17, 15) is 4.79 Å². The number of benzene rings is 1. The largest absolute Gasteiger partial charge is 0.350 e. The predicted octanol–water partition coefficient (Wildman–Crippen LogP) is 2.92. The molecule has 0 radical (unpaired) electrons. The number of amides is 1. The SMILES string of the molecule is O=C(NO[C@H]1CCCCO1)c1cn[nH]c1-c1ccc(Cl)cc1. The maximum atomic E-state index is 12.2. The molecule has 1 aliphatic rings. The van der Waals surface area contributed by atoms with Crippen LogP contribution in [0.15, 0.2) is 30.5 Å². The summed E-state index contributed by atoms with van der Waals surface area (Å²) >= 11 is 5.87. The highest BCUT2D eigenvalue weighted by atomic mass is 35.5. The summed E-state index contributed by atoms with van der Waals surface area (Å²) in [5, 5.41) is 7.38. The minimum Gasteiger partial charge on any atom is -0.350 e. The van der Waals surface area contributed by atoms with Gasteiger partial charge in [0.2, 0.25) is 0 Å². The number of H-pyrrole nitrogens is 1. The Morgan fingerprint density at radius 2 is 2.18 bits per heavy atom. The van der Waals surface area contributed by atoms with Crippen molar-refractivity contribution in [3.05, 3.63) is 41.0 Å². The third-order valence-electron chi connectivity index (χ3n) is 3.44. The summed E-state index contributed by atoms with van der Waals surface area (Å²) < 4.78 is 5.40. The molecule has 2 N–H and O–H groups in total. The Balaban J connectivity index is 1.68. The number of nitrogens with zero attached hydrogens (tertiary/aromatic N) is 1. The van der Waals surface area contributed by atoms with Crippen molar-refractivity contribution in [2.24, 2.45) is 0 Å². The predicted molar refractivity (Wildman–Crippen MR) is 81.2 cm³/mol. The van der Waals surface area contributed by atoms with Crippen LogP contribution < -0.4 is 5.48 Å². The van der Waals surface area contributed by atoms with Crippen molar-refractivity contribution in [3.63, 3.8) is 0 Å². The summed E-state index contributed by atoms with van der Waals surface area (Å²) in [6.07, 6.45) is 3.90. The average molecular weight is 322 g/mol. The molecule has 6 nitrogen and oxygen atoms in total. The van der Waals surface area contributed by atoms with Crippen LogP contribution in [0.2, 0.25) is 5.02 Å². The van der Waals surface area contributed by atoms with Crippen LogP contribution in [0.1, 0.15) is 29.6 Å². The van der Waals surface area contributed by atoms with E-state index in [1.165, 1.54) is 6.20 Å². The zero-order valence-corrected chi connectivity index (χ0v) is 12.6. The Kier molecular flexibility index (Phi) is 4.72. The van der Waals surface area contributed by atoms with Crippen molar-refractivity contribution in [1.82, 2.24) is 15.7 Å². The van der Waals surface area contributed by atoms with Crippen molar-refractivity contribution in [2.75, 3.05) is 6.61 Å². The Hall–Kier alpha value is -1.89. The topological polar surface area (TPSA) is 76.2 Å². The summed E-state index contributed by atoms with van der Waals surface area (Å²) in [6.45, 7) is 0.655. The minimum atomic E-state index is -0.386. The van der Waals surface area contributed by atoms with E-state index in [1.54, 1.807) is 12.1 Å². The fraction of sp³-hybridized carbons (Fsp3) is 0.333. The van der Waals surface area contributed by atoms with Crippen LogP contribution in [-0.4, -0.2) is 29.0 Å². The summed E-state index contributed by atoms with van der Waals surface area (Å²) in [4.78, 5) is 17.5. The molecule has 1 aromatic heterocycles. The molecule has 1 aliphatic heterocycles. The Morgan fingerprint density at radius 1 is 1.36 bits per heavy atom.